The molecule has 0 radical (unpaired) electrons. The zero-order valence-corrected chi connectivity index (χ0v) is 6.60. The van der Waals surface area contributed by atoms with Gasteiger partial charge in [-0.15, -0.1) is 0 Å². The van der Waals surface area contributed by atoms with Crippen molar-refractivity contribution in [1.29, 1.82) is 0 Å². The van der Waals surface area contributed by atoms with E-state index in [2.05, 4.69) is 10.5 Å². The van der Waals surface area contributed by atoms with Crippen LogP contribution < -0.4 is 5.73 Å². The maximum Gasteiger partial charge on any atom is 0.404 e. The summed E-state index contributed by atoms with van der Waals surface area (Å²) in [5, 5.41) is 17.0. The van der Waals surface area contributed by atoms with Crippen LogP contribution in [0.2, 0.25) is 0 Å². The largest absolute Gasteiger partial charge is 0.447 e. The molecule has 0 aliphatic rings. The summed E-state index contributed by atoms with van der Waals surface area (Å²) in [6.45, 7) is -0.416. The number of amides is 1. The highest BCUT2D eigenvalue weighted by Crippen LogP contribution is 1.88. The maximum absolute atomic E-state index is 10.0. The number of hydrogen-bond donors (Lipinski definition) is 3. The van der Waals surface area contributed by atoms with Gasteiger partial charge in [0.1, 0.15) is 12.7 Å². The van der Waals surface area contributed by atoms with Crippen molar-refractivity contribution in [2.45, 2.75) is 6.10 Å². The molecule has 0 aromatic heterocycles. The molecule has 0 saturated carbocycles. The first kappa shape index (κ1) is 11.2. The van der Waals surface area contributed by atoms with E-state index in [1.165, 1.54) is 0 Å². The molecule has 72 valence electrons. The first-order valence-electron chi connectivity index (χ1n) is 3.46. The number of aliphatic hydroxyl groups excluding tert-OH is 2. The summed E-state index contributed by atoms with van der Waals surface area (Å²) >= 11 is 0. The van der Waals surface area contributed by atoms with Crippen molar-refractivity contribution in [2.24, 2.45) is 5.73 Å². The number of carbonyl (C=O) groups is 1. The van der Waals surface area contributed by atoms with Gasteiger partial charge >= 0.3 is 6.09 Å². The van der Waals surface area contributed by atoms with Gasteiger partial charge in [-0.05, 0) is 0 Å². The number of primary amides is 1. The first-order valence-corrected chi connectivity index (χ1v) is 3.46. The molecule has 0 atom stereocenters. The lowest BCUT2D eigenvalue weighted by Crippen LogP contribution is -2.25. The molecule has 0 heterocycles. The van der Waals surface area contributed by atoms with Crippen LogP contribution in [0.3, 0.4) is 0 Å². The van der Waals surface area contributed by atoms with E-state index in [-0.39, 0.29) is 26.4 Å². The van der Waals surface area contributed by atoms with Gasteiger partial charge in [0, 0.05) is 0 Å². The lowest BCUT2D eigenvalue weighted by molar-refractivity contribution is -0.0326. The fourth-order valence-corrected chi connectivity index (χ4v) is 0.520. The van der Waals surface area contributed by atoms with Gasteiger partial charge in [0.2, 0.25) is 0 Å². The number of hydrogen-bond acceptors (Lipinski definition) is 5. The number of nitrogens with two attached hydrogens (primary N) is 1. The summed E-state index contributed by atoms with van der Waals surface area (Å²) in [5.41, 5.74) is 4.66. The molecule has 0 aromatic carbocycles. The van der Waals surface area contributed by atoms with Crippen molar-refractivity contribution in [3.8, 4) is 0 Å². The van der Waals surface area contributed by atoms with Crippen LogP contribution in [0, 0.1) is 0 Å². The van der Waals surface area contributed by atoms with Crippen LogP contribution in [-0.2, 0) is 9.47 Å². The van der Waals surface area contributed by atoms with Crippen LogP contribution in [0.4, 0.5) is 4.79 Å². The lowest BCUT2D eigenvalue weighted by atomic mass is 10.4. The Kier molecular flexibility index (Phi) is 6.35. The van der Waals surface area contributed by atoms with Gasteiger partial charge in [-0.2, -0.15) is 0 Å². The molecule has 0 aliphatic carbocycles. The van der Waals surface area contributed by atoms with E-state index in [0.29, 0.717) is 0 Å². The number of rotatable bonds is 6. The van der Waals surface area contributed by atoms with Crippen molar-refractivity contribution in [2.75, 3.05) is 26.4 Å². The molecule has 0 fully saturated rings. The zero-order chi connectivity index (χ0) is 9.40. The third-order valence-electron chi connectivity index (χ3n) is 1.09. The highest BCUT2D eigenvalue weighted by molar-refractivity contribution is 5.64. The minimum atomic E-state index is -0.872. The van der Waals surface area contributed by atoms with E-state index in [1.807, 2.05) is 0 Å². The standard InChI is InChI=1S/C6H13NO5/c7-6(10)12-2-1-11-5(3-8)4-9/h5,8-9H,1-4H2,(H2,7,10). The van der Waals surface area contributed by atoms with Gasteiger partial charge in [-0.1, -0.05) is 0 Å². The highest BCUT2D eigenvalue weighted by Gasteiger charge is 2.04. The van der Waals surface area contributed by atoms with E-state index in [0.717, 1.165) is 0 Å². The minimum Gasteiger partial charge on any atom is -0.447 e. The zero-order valence-electron chi connectivity index (χ0n) is 6.60. The van der Waals surface area contributed by atoms with Crippen molar-refractivity contribution < 1.29 is 24.5 Å². The second kappa shape index (κ2) is 6.84. The Morgan fingerprint density at radius 1 is 1.33 bits per heavy atom. The van der Waals surface area contributed by atoms with Crippen molar-refractivity contribution in [3.05, 3.63) is 0 Å². The van der Waals surface area contributed by atoms with E-state index in [4.69, 9.17) is 14.9 Å². The summed E-state index contributed by atoms with van der Waals surface area (Å²) in [6, 6.07) is 0. The van der Waals surface area contributed by atoms with Gasteiger partial charge in [-0.3, -0.25) is 0 Å². The summed E-state index contributed by atoms with van der Waals surface area (Å²) in [6.07, 6.45) is -1.50. The van der Waals surface area contributed by atoms with E-state index in [9.17, 15) is 4.79 Å². The van der Waals surface area contributed by atoms with Gasteiger partial charge in [0.15, 0.2) is 0 Å². The van der Waals surface area contributed by atoms with E-state index in [1.54, 1.807) is 0 Å². The molecule has 0 aliphatic heterocycles. The van der Waals surface area contributed by atoms with Gasteiger partial charge in [0.25, 0.3) is 0 Å². The summed E-state index contributed by atoms with van der Waals surface area (Å²) in [4.78, 5) is 10.0. The van der Waals surface area contributed by atoms with E-state index >= 15 is 0 Å². The number of carbonyl (C=O) groups excluding carboxylic acids is 1. The van der Waals surface area contributed by atoms with Crippen molar-refractivity contribution in [3.63, 3.8) is 0 Å². The highest BCUT2D eigenvalue weighted by atomic mass is 16.6. The Morgan fingerprint density at radius 3 is 2.33 bits per heavy atom. The van der Waals surface area contributed by atoms with Crippen molar-refractivity contribution >= 4 is 6.09 Å². The predicted molar refractivity (Wildman–Crippen MR) is 39.4 cm³/mol. The molecule has 0 aromatic rings. The maximum atomic E-state index is 10.0. The molecule has 0 spiro atoms. The number of ether oxygens (including phenoxy) is 2. The molecule has 0 saturated heterocycles. The fourth-order valence-electron chi connectivity index (χ4n) is 0.520. The fraction of sp³-hybridized carbons (Fsp3) is 0.833. The second-order valence-electron chi connectivity index (χ2n) is 2.03. The summed E-state index contributed by atoms with van der Waals surface area (Å²) in [7, 11) is 0. The third kappa shape index (κ3) is 5.90. The summed E-state index contributed by atoms with van der Waals surface area (Å²) in [5.74, 6) is 0. The number of aliphatic hydroxyl groups is 2. The van der Waals surface area contributed by atoms with Gasteiger partial charge in [0.05, 0.1) is 19.8 Å². The monoisotopic (exact) mass is 179 g/mol. The molecule has 12 heavy (non-hydrogen) atoms. The molecular weight excluding hydrogens is 166 g/mol. The Morgan fingerprint density at radius 2 is 1.92 bits per heavy atom. The van der Waals surface area contributed by atoms with Crippen molar-refractivity contribution in [1.82, 2.24) is 0 Å². The summed E-state index contributed by atoms with van der Waals surface area (Å²) < 4.78 is 9.19. The molecule has 1 amide bonds. The smallest absolute Gasteiger partial charge is 0.404 e. The van der Waals surface area contributed by atoms with Crippen LogP contribution in [0.15, 0.2) is 0 Å². The SMILES string of the molecule is NC(=O)OCCOC(CO)CO. The van der Waals surface area contributed by atoms with Gasteiger partial charge in [-0.25, -0.2) is 4.79 Å². The van der Waals surface area contributed by atoms with Crippen LogP contribution in [0.5, 0.6) is 0 Å². The topological polar surface area (TPSA) is 102 Å². The van der Waals surface area contributed by atoms with Gasteiger partial charge < -0.3 is 25.4 Å². The molecule has 0 bridgehead atoms. The minimum absolute atomic E-state index is 0.0197. The molecule has 6 heteroatoms. The predicted octanol–water partition coefficient (Wildman–Crippen LogP) is -1.55. The molecular formula is C6H13NO5. The van der Waals surface area contributed by atoms with Crippen LogP contribution in [-0.4, -0.2) is 48.8 Å². The molecule has 4 N–H and O–H groups in total. The molecule has 0 unspecified atom stereocenters. The Balaban J connectivity index is 3.23. The third-order valence-corrected chi connectivity index (χ3v) is 1.09. The molecule has 0 rings (SSSR count). The first-order chi connectivity index (χ1) is 5.70. The van der Waals surface area contributed by atoms with Crippen LogP contribution >= 0.6 is 0 Å². The quantitative estimate of drug-likeness (QED) is 0.428. The Labute approximate surface area is 69.9 Å². The lowest BCUT2D eigenvalue weighted by Gasteiger charge is -2.11. The second-order valence-corrected chi connectivity index (χ2v) is 2.03. The molecule has 6 nitrogen and oxygen atoms in total. The van der Waals surface area contributed by atoms with Crippen LogP contribution in [0.1, 0.15) is 0 Å². The average Bonchev–Trinajstić information content (AvgIpc) is 2.04. The Bertz CT molecular complexity index is 125. The Hall–Kier alpha value is -0.850. The van der Waals surface area contributed by atoms with Crippen LogP contribution in [0.25, 0.3) is 0 Å². The normalized spacial score (nSPS) is 10.2. The average molecular weight is 179 g/mol. The van der Waals surface area contributed by atoms with E-state index < -0.39 is 12.2 Å².